The van der Waals surface area contributed by atoms with Gasteiger partial charge < -0.3 is 10.5 Å². The highest BCUT2D eigenvalue weighted by atomic mass is 35.5. The van der Waals surface area contributed by atoms with Gasteiger partial charge in [-0.2, -0.15) is 8.78 Å². The van der Waals surface area contributed by atoms with Gasteiger partial charge in [0.1, 0.15) is 0 Å². The average Bonchev–Trinajstić information content (AvgIpc) is 2.10. The van der Waals surface area contributed by atoms with Crippen molar-refractivity contribution in [3.8, 4) is 5.75 Å². The minimum absolute atomic E-state index is 0.152. The van der Waals surface area contributed by atoms with Crippen LogP contribution in [0.2, 0.25) is 5.02 Å². The molecule has 0 atom stereocenters. The number of hydrogen-bond donors (Lipinski definition) is 1. The third-order valence-corrected chi connectivity index (χ3v) is 1.79. The van der Waals surface area contributed by atoms with E-state index in [-0.39, 0.29) is 16.6 Å². The van der Waals surface area contributed by atoms with E-state index >= 15 is 0 Å². The first kappa shape index (κ1) is 11.7. The fourth-order valence-electron chi connectivity index (χ4n) is 0.738. The van der Waals surface area contributed by atoms with Crippen molar-refractivity contribution in [2.24, 2.45) is 0 Å². The van der Waals surface area contributed by atoms with Crippen molar-refractivity contribution in [2.45, 2.75) is 13.0 Å². The minimum Gasteiger partial charge on any atom is -0.425 e. The maximum Gasteiger partial charge on any atom is 0.422 e. The van der Waals surface area contributed by atoms with Crippen molar-refractivity contribution in [2.75, 3.05) is 5.73 Å². The van der Waals surface area contributed by atoms with Gasteiger partial charge in [-0.15, -0.1) is 0 Å². The van der Waals surface area contributed by atoms with Crippen LogP contribution in [0.25, 0.3) is 0 Å². The lowest BCUT2D eigenvalue weighted by Crippen LogP contribution is -2.26. The van der Waals surface area contributed by atoms with Gasteiger partial charge in [0.25, 0.3) is 0 Å². The first-order chi connectivity index (χ1) is 6.83. The Kier molecular flexibility index (Phi) is 3.14. The molecular weight excluding hydrogens is 226 g/mol. The Labute approximate surface area is 90.5 Å². The van der Waals surface area contributed by atoms with Crippen molar-refractivity contribution < 1.29 is 13.5 Å². The van der Waals surface area contributed by atoms with E-state index < -0.39 is 11.7 Å². The summed E-state index contributed by atoms with van der Waals surface area (Å²) < 4.78 is 30.6. The number of halogens is 3. The average molecular weight is 235 g/mol. The van der Waals surface area contributed by atoms with E-state index in [2.05, 4.69) is 16.3 Å². The van der Waals surface area contributed by atoms with Crippen LogP contribution in [0.15, 0.2) is 24.4 Å². The summed E-state index contributed by atoms with van der Waals surface area (Å²) in [6.07, 6.45) is -2.25. The summed E-state index contributed by atoms with van der Waals surface area (Å²) in [4.78, 5) is 3.58. The molecule has 2 N–H and O–H groups in total. The molecule has 0 fully saturated rings. The topological polar surface area (TPSA) is 48.1 Å². The lowest BCUT2D eigenvalue weighted by molar-refractivity contribution is -0.141. The number of hydrogen-bond acceptors (Lipinski definition) is 3. The molecule has 0 aliphatic heterocycles. The smallest absolute Gasteiger partial charge is 0.422 e. The first-order valence-electron chi connectivity index (χ1n) is 3.97. The third kappa shape index (κ3) is 2.79. The van der Waals surface area contributed by atoms with Crippen LogP contribution in [0.4, 0.5) is 14.6 Å². The summed E-state index contributed by atoms with van der Waals surface area (Å²) in [6, 6.07) is 1.17. The Morgan fingerprint density at radius 3 is 2.80 bits per heavy atom. The minimum atomic E-state index is -3.49. The van der Waals surface area contributed by atoms with Crippen LogP contribution in [0.3, 0.4) is 0 Å². The summed E-state index contributed by atoms with van der Waals surface area (Å²) in [5, 5.41) is 0.164. The molecule has 0 aliphatic rings. The zero-order valence-electron chi connectivity index (χ0n) is 7.93. The number of aromatic nitrogens is 1. The van der Waals surface area contributed by atoms with Gasteiger partial charge in [-0.3, -0.25) is 0 Å². The molecule has 1 heterocycles. The molecule has 1 aromatic rings. The van der Waals surface area contributed by atoms with Crippen molar-refractivity contribution in [1.82, 2.24) is 4.98 Å². The van der Waals surface area contributed by atoms with Crippen molar-refractivity contribution in [3.63, 3.8) is 0 Å². The predicted molar refractivity (Wildman–Crippen MR) is 54.0 cm³/mol. The van der Waals surface area contributed by atoms with E-state index in [1.165, 1.54) is 12.3 Å². The lowest BCUT2D eigenvalue weighted by Gasteiger charge is -2.18. The number of nitrogen functional groups attached to an aromatic ring is 1. The number of nitrogens with zero attached hydrogens (tertiary/aromatic N) is 1. The number of pyridine rings is 1. The molecule has 0 amide bonds. The first-order valence-corrected chi connectivity index (χ1v) is 4.34. The van der Waals surface area contributed by atoms with Gasteiger partial charge in [0.2, 0.25) is 0 Å². The Bertz CT molecular complexity index is 396. The number of alkyl halides is 2. The van der Waals surface area contributed by atoms with Crippen molar-refractivity contribution in [1.29, 1.82) is 0 Å². The molecule has 3 nitrogen and oxygen atoms in total. The molecule has 0 saturated carbocycles. The molecule has 6 heteroatoms. The quantitative estimate of drug-likeness (QED) is 0.818. The van der Waals surface area contributed by atoms with Crippen LogP contribution >= 0.6 is 11.6 Å². The maximum absolute atomic E-state index is 13.1. The number of nitrogens with two attached hydrogens (primary N) is 1. The Hall–Kier alpha value is -1.36. The summed E-state index contributed by atoms with van der Waals surface area (Å²) in [5.41, 5.74) is 4.91. The molecule has 0 aliphatic carbocycles. The van der Waals surface area contributed by atoms with Crippen LogP contribution in [0, 0.1) is 0 Å². The van der Waals surface area contributed by atoms with Gasteiger partial charge in [-0.25, -0.2) is 4.98 Å². The van der Waals surface area contributed by atoms with E-state index in [4.69, 9.17) is 17.3 Å². The standard InChI is InChI=1S/C9H9ClF2N2O/c1-5(2)9(11,12)15-7-3-6(10)4-14-8(7)13/h3-4H,1H2,2H3,(H2,13,14). The summed E-state index contributed by atoms with van der Waals surface area (Å²) >= 11 is 5.56. The van der Waals surface area contributed by atoms with E-state index in [0.29, 0.717) is 0 Å². The zero-order chi connectivity index (χ0) is 11.6. The monoisotopic (exact) mass is 234 g/mol. The van der Waals surface area contributed by atoms with Crippen LogP contribution < -0.4 is 10.5 Å². The molecule has 0 radical (unpaired) electrons. The van der Waals surface area contributed by atoms with E-state index in [1.54, 1.807) is 0 Å². The van der Waals surface area contributed by atoms with Gasteiger partial charge in [-0.05, 0) is 6.92 Å². The molecule has 15 heavy (non-hydrogen) atoms. The SMILES string of the molecule is C=C(C)C(F)(F)Oc1cc(Cl)cnc1N. The molecule has 0 saturated heterocycles. The second-order valence-electron chi connectivity index (χ2n) is 2.94. The van der Waals surface area contributed by atoms with Crippen LogP contribution in [0.1, 0.15) is 6.92 Å². The normalized spacial score (nSPS) is 11.2. The van der Waals surface area contributed by atoms with Gasteiger partial charge in [-0.1, -0.05) is 18.2 Å². The van der Waals surface area contributed by atoms with Gasteiger partial charge in [0.05, 0.1) is 5.02 Å². The summed E-state index contributed by atoms with van der Waals surface area (Å²) in [6.45, 7) is 4.25. The highest BCUT2D eigenvalue weighted by Gasteiger charge is 2.33. The lowest BCUT2D eigenvalue weighted by atomic mass is 10.3. The van der Waals surface area contributed by atoms with Gasteiger partial charge >= 0.3 is 6.11 Å². The highest BCUT2D eigenvalue weighted by molar-refractivity contribution is 6.30. The fourth-order valence-corrected chi connectivity index (χ4v) is 0.886. The number of ether oxygens (including phenoxy) is 1. The number of anilines is 1. The largest absolute Gasteiger partial charge is 0.425 e. The Morgan fingerprint density at radius 1 is 1.67 bits per heavy atom. The molecule has 0 bridgehead atoms. The van der Waals surface area contributed by atoms with E-state index in [1.807, 2.05) is 0 Å². The van der Waals surface area contributed by atoms with E-state index in [0.717, 1.165) is 6.92 Å². The molecule has 82 valence electrons. The fraction of sp³-hybridized carbons (Fsp3) is 0.222. The molecule has 0 unspecified atom stereocenters. The second-order valence-corrected chi connectivity index (χ2v) is 3.37. The van der Waals surface area contributed by atoms with Crippen LogP contribution in [0.5, 0.6) is 5.75 Å². The van der Waals surface area contributed by atoms with Crippen molar-refractivity contribution in [3.05, 3.63) is 29.4 Å². The number of rotatable bonds is 3. The van der Waals surface area contributed by atoms with E-state index in [9.17, 15) is 8.78 Å². The molecular formula is C9H9ClF2N2O. The second kappa shape index (κ2) is 4.02. The zero-order valence-corrected chi connectivity index (χ0v) is 8.68. The third-order valence-electron chi connectivity index (χ3n) is 1.58. The summed E-state index contributed by atoms with van der Waals surface area (Å²) in [7, 11) is 0. The maximum atomic E-state index is 13.1. The van der Waals surface area contributed by atoms with Gasteiger partial charge in [0.15, 0.2) is 11.6 Å². The molecule has 0 aromatic carbocycles. The van der Waals surface area contributed by atoms with Crippen molar-refractivity contribution >= 4 is 17.4 Å². The Balaban J connectivity index is 2.99. The highest BCUT2D eigenvalue weighted by Crippen LogP contribution is 2.31. The Morgan fingerprint density at radius 2 is 2.27 bits per heavy atom. The molecule has 0 spiro atoms. The van der Waals surface area contributed by atoms with Crippen LogP contribution in [-0.2, 0) is 0 Å². The molecule has 1 aromatic heterocycles. The predicted octanol–water partition coefficient (Wildman–Crippen LogP) is 2.86. The summed E-state index contributed by atoms with van der Waals surface area (Å²) in [5.74, 6) is -0.421. The molecule has 1 rings (SSSR count). The van der Waals surface area contributed by atoms with Crippen LogP contribution in [-0.4, -0.2) is 11.1 Å². The van der Waals surface area contributed by atoms with Gasteiger partial charge in [0, 0.05) is 17.8 Å².